The van der Waals surface area contributed by atoms with Crippen LogP contribution in [-0.2, 0) is 4.79 Å². The van der Waals surface area contributed by atoms with E-state index < -0.39 is 12.2 Å². The molecule has 1 amide bonds. The van der Waals surface area contributed by atoms with Crippen LogP contribution in [0, 0.1) is 0 Å². The van der Waals surface area contributed by atoms with Crippen LogP contribution < -0.4 is 10.6 Å². The third-order valence-electron chi connectivity index (χ3n) is 2.16. The molecule has 5 nitrogen and oxygen atoms in total. The maximum Gasteiger partial charge on any atom is 0.207 e. The molecule has 1 fully saturated rings. The number of β-amino-alcohol motifs (C(OH)–C–C–N with tert-alkyl or cyclic N) is 2. The van der Waals surface area contributed by atoms with Crippen LogP contribution in [0.15, 0.2) is 0 Å². The Hall–Kier alpha value is -0.650. The number of hydrogen-bond acceptors (Lipinski definition) is 4. The van der Waals surface area contributed by atoms with Crippen molar-refractivity contribution < 1.29 is 15.0 Å². The van der Waals surface area contributed by atoms with E-state index in [1.165, 1.54) is 12.8 Å². The van der Waals surface area contributed by atoms with Crippen LogP contribution in [0.1, 0.15) is 26.2 Å². The summed E-state index contributed by atoms with van der Waals surface area (Å²) in [5.74, 6) is 0. The van der Waals surface area contributed by atoms with E-state index in [0.29, 0.717) is 13.1 Å². The molecule has 0 spiro atoms. The highest BCUT2D eigenvalue weighted by molar-refractivity contribution is 5.45. The molecular formula is C10H22N2O3. The lowest BCUT2D eigenvalue weighted by molar-refractivity contribution is -0.109. The minimum Gasteiger partial charge on any atom is -0.389 e. The Kier molecular flexibility index (Phi) is 9.46. The standard InChI is InChI=1S/C6H13NO.C4H9NO2/c1-2-3-4-5-7-6-8;6-3-1-5-2-4(3)7/h6H,2-5H2,1H3,(H,7,8);3-7H,1-2H2/t;3-,4?/m.0/s1. The van der Waals surface area contributed by atoms with Crippen LogP contribution in [0.4, 0.5) is 0 Å². The molecule has 1 saturated heterocycles. The van der Waals surface area contributed by atoms with Crippen LogP contribution in [0.3, 0.4) is 0 Å². The molecule has 0 bridgehead atoms. The Labute approximate surface area is 90.9 Å². The first kappa shape index (κ1) is 14.3. The fraction of sp³-hybridized carbons (Fsp3) is 0.900. The quantitative estimate of drug-likeness (QED) is 0.361. The van der Waals surface area contributed by atoms with Crippen LogP contribution in [0.25, 0.3) is 0 Å². The van der Waals surface area contributed by atoms with Crippen LogP contribution in [0.2, 0.25) is 0 Å². The molecule has 5 heteroatoms. The highest BCUT2D eigenvalue weighted by Gasteiger charge is 2.21. The van der Waals surface area contributed by atoms with Crippen molar-refractivity contribution in [3.8, 4) is 0 Å². The molecule has 1 heterocycles. The predicted molar refractivity (Wildman–Crippen MR) is 58.5 cm³/mol. The zero-order chi connectivity index (χ0) is 11.5. The molecule has 0 aromatic rings. The Morgan fingerprint density at radius 2 is 1.93 bits per heavy atom. The average molecular weight is 218 g/mol. The van der Waals surface area contributed by atoms with Gasteiger partial charge in [-0.1, -0.05) is 19.8 Å². The largest absolute Gasteiger partial charge is 0.389 e. The van der Waals surface area contributed by atoms with Gasteiger partial charge in [0.1, 0.15) is 0 Å². The average Bonchev–Trinajstić information content (AvgIpc) is 2.60. The van der Waals surface area contributed by atoms with Crippen molar-refractivity contribution in [2.45, 2.75) is 38.4 Å². The number of nitrogens with one attached hydrogen (secondary N) is 2. The molecule has 2 atom stereocenters. The summed E-state index contributed by atoms with van der Waals surface area (Å²) in [6.07, 6.45) is 3.19. The van der Waals surface area contributed by atoms with Gasteiger partial charge in [0.2, 0.25) is 6.41 Å². The van der Waals surface area contributed by atoms with Crippen molar-refractivity contribution in [1.82, 2.24) is 10.6 Å². The fourth-order valence-corrected chi connectivity index (χ4v) is 1.19. The normalized spacial score (nSPS) is 24.2. The molecule has 0 aromatic carbocycles. The van der Waals surface area contributed by atoms with E-state index in [9.17, 15) is 4.79 Å². The minimum atomic E-state index is -0.542. The topological polar surface area (TPSA) is 81.6 Å². The number of rotatable bonds is 5. The van der Waals surface area contributed by atoms with Gasteiger partial charge >= 0.3 is 0 Å². The third kappa shape index (κ3) is 8.35. The lowest BCUT2D eigenvalue weighted by Crippen LogP contribution is -2.22. The number of aliphatic hydroxyl groups excluding tert-OH is 2. The van der Waals surface area contributed by atoms with Gasteiger partial charge in [-0.25, -0.2) is 0 Å². The van der Waals surface area contributed by atoms with Crippen molar-refractivity contribution in [2.75, 3.05) is 19.6 Å². The number of hydrogen-bond donors (Lipinski definition) is 4. The first-order chi connectivity index (χ1) is 7.22. The molecule has 1 aliphatic rings. The van der Waals surface area contributed by atoms with Gasteiger partial charge in [-0.3, -0.25) is 4.79 Å². The van der Waals surface area contributed by atoms with Gasteiger partial charge in [0.25, 0.3) is 0 Å². The summed E-state index contributed by atoms with van der Waals surface area (Å²) < 4.78 is 0. The van der Waals surface area contributed by atoms with Gasteiger partial charge in [-0.15, -0.1) is 0 Å². The Balaban J connectivity index is 0.000000262. The van der Waals surface area contributed by atoms with E-state index in [0.717, 1.165) is 19.4 Å². The SMILES string of the molecule is CCCCCNC=O.OC1CNC[C@@H]1O. The van der Waals surface area contributed by atoms with Gasteiger partial charge in [0.15, 0.2) is 0 Å². The molecule has 1 aliphatic heterocycles. The maximum atomic E-state index is 9.66. The second kappa shape index (κ2) is 9.89. The molecule has 0 radical (unpaired) electrons. The Morgan fingerprint density at radius 3 is 2.27 bits per heavy atom. The summed E-state index contributed by atoms with van der Waals surface area (Å²) >= 11 is 0. The molecular weight excluding hydrogens is 196 g/mol. The third-order valence-corrected chi connectivity index (χ3v) is 2.16. The van der Waals surface area contributed by atoms with Gasteiger partial charge in [0, 0.05) is 19.6 Å². The first-order valence-corrected chi connectivity index (χ1v) is 5.46. The predicted octanol–water partition coefficient (Wildman–Crippen LogP) is -0.766. The summed E-state index contributed by atoms with van der Waals surface area (Å²) in [5.41, 5.74) is 0. The molecule has 1 rings (SSSR count). The van der Waals surface area contributed by atoms with E-state index in [1.807, 2.05) is 0 Å². The summed E-state index contributed by atoms with van der Waals surface area (Å²) in [6.45, 7) is 4.03. The summed E-state index contributed by atoms with van der Waals surface area (Å²) in [4.78, 5) is 9.66. The van der Waals surface area contributed by atoms with Crippen molar-refractivity contribution in [3.63, 3.8) is 0 Å². The number of aliphatic hydroxyl groups is 2. The van der Waals surface area contributed by atoms with Crippen LogP contribution in [0.5, 0.6) is 0 Å². The first-order valence-electron chi connectivity index (χ1n) is 5.46. The van der Waals surface area contributed by atoms with Gasteiger partial charge in [-0.05, 0) is 6.42 Å². The monoisotopic (exact) mass is 218 g/mol. The van der Waals surface area contributed by atoms with Gasteiger partial charge in [-0.2, -0.15) is 0 Å². The van der Waals surface area contributed by atoms with E-state index in [1.54, 1.807) is 0 Å². The highest BCUT2D eigenvalue weighted by Crippen LogP contribution is 1.96. The van der Waals surface area contributed by atoms with E-state index in [4.69, 9.17) is 10.2 Å². The lowest BCUT2D eigenvalue weighted by Gasteiger charge is -2.01. The van der Waals surface area contributed by atoms with E-state index in [2.05, 4.69) is 17.6 Å². The maximum absolute atomic E-state index is 9.66. The summed E-state index contributed by atoms with van der Waals surface area (Å²) in [7, 11) is 0. The van der Waals surface area contributed by atoms with Gasteiger partial charge in [0.05, 0.1) is 12.2 Å². The molecule has 0 aliphatic carbocycles. The molecule has 90 valence electrons. The van der Waals surface area contributed by atoms with Crippen LogP contribution >= 0.6 is 0 Å². The number of carbonyl (C=O) groups is 1. The molecule has 4 N–H and O–H groups in total. The number of unbranched alkanes of at least 4 members (excludes halogenated alkanes) is 2. The number of amides is 1. The highest BCUT2D eigenvalue weighted by atomic mass is 16.3. The van der Waals surface area contributed by atoms with E-state index in [-0.39, 0.29) is 0 Å². The fourth-order valence-electron chi connectivity index (χ4n) is 1.19. The smallest absolute Gasteiger partial charge is 0.207 e. The summed E-state index contributed by atoms with van der Waals surface area (Å²) in [5, 5.41) is 22.8. The van der Waals surface area contributed by atoms with Gasteiger partial charge < -0.3 is 20.8 Å². The second-order valence-corrected chi connectivity index (χ2v) is 3.57. The molecule has 0 aromatic heterocycles. The van der Waals surface area contributed by atoms with Crippen LogP contribution in [-0.4, -0.2) is 48.5 Å². The summed E-state index contributed by atoms with van der Waals surface area (Å²) in [6, 6.07) is 0. The van der Waals surface area contributed by atoms with E-state index >= 15 is 0 Å². The lowest BCUT2D eigenvalue weighted by atomic mass is 10.2. The number of carbonyl (C=O) groups excluding carboxylic acids is 1. The minimum absolute atomic E-state index is 0.529. The molecule has 0 saturated carbocycles. The second-order valence-electron chi connectivity index (χ2n) is 3.57. The van der Waals surface area contributed by atoms with Crippen molar-refractivity contribution in [1.29, 1.82) is 0 Å². The Bertz CT molecular complexity index is 148. The Morgan fingerprint density at radius 1 is 1.33 bits per heavy atom. The van der Waals surface area contributed by atoms with Crippen molar-refractivity contribution in [2.24, 2.45) is 0 Å². The zero-order valence-electron chi connectivity index (χ0n) is 9.28. The van der Waals surface area contributed by atoms with Crippen molar-refractivity contribution >= 4 is 6.41 Å². The van der Waals surface area contributed by atoms with Crippen molar-refractivity contribution in [3.05, 3.63) is 0 Å². The molecule has 1 unspecified atom stereocenters. The zero-order valence-corrected chi connectivity index (χ0v) is 9.28. The molecule has 15 heavy (non-hydrogen) atoms.